The summed E-state index contributed by atoms with van der Waals surface area (Å²) in [7, 11) is 0. The van der Waals surface area contributed by atoms with Crippen molar-refractivity contribution in [1.29, 1.82) is 0 Å². The molecule has 1 aromatic rings. The van der Waals surface area contributed by atoms with Crippen LogP contribution >= 0.6 is 24.2 Å². The van der Waals surface area contributed by atoms with Crippen molar-refractivity contribution in [2.45, 2.75) is 18.9 Å². The third-order valence-electron chi connectivity index (χ3n) is 3.98. The van der Waals surface area contributed by atoms with Crippen LogP contribution in [-0.4, -0.2) is 41.6 Å². The van der Waals surface area contributed by atoms with Crippen molar-refractivity contribution in [2.24, 2.45) is 5.92 Å². The third kappa shape index (κ3) is 3.68. The van der Waals surface area contributed by atoms with Gasteiger partial charge in [0.2, 0.25) is 5.91 Å². The lowest BCUT2D eigenvalue weighted by atomic mass is 9.99. The fourth-order valence-electron chi connectivity index (χ4n) is 2.92. The normalized spacial score (nSPS) is 25.5. The van der Waals surface area contributed by atoms with E-state index in [4.69, 9.17) is 0 Å². The van der Waals surface area contributed by atoms with Gasteiger partial charge < -0.3 is 4.90 Å². The Morgan fingerprint density at radius 2 is 2.15 bits per heavy atom. The summed E-state index contributed by atoms with van der Waals surface area (Å²) in [6, 6.07) is 10.6. The van der Waals surface area contributed by atoms with Crippen LogP contribution in [0.3, 0.4) is 0 Å². The summed E-state index contributed by atoms with van der Waals surface area (Å²) in [6.07, 6.45) is 2.23. The first-order valence-electron chi connectivity index (χ1n) is 6.97. The van der Waals surface area contributed by atoms with Crippen molar-refractivity contribution in [1.82, 2.24) is 10.2 Å². The number of halogens is 1. The lowest BCUT2D eigenvalue weighted by Crippen LogP contribution is -2.43. The van der Waals surface area contributed by atoms with E-state index in [1.165, 1.54) is 5.56 Å². The minimum atomic E-state index is 0. The van der Waals surface area contributed by atoms with Gasteiger partial charge in [0.1, 0.15) is 0 Å². The van der Waals surface area contributed by atoms with Crippen LogP contribution in [0.1, 0.15) is 12.0 Å². The summed E-state index contributed by atoms with van der Waals surface area (Å²) in [5.41, 5.74) is 1.39. The molecule has 1 aromatic carbocycles. The van der Waals surface area contributed by atoms with Gasteiger partial charge in [-0.2, -0.15) is 0 Å². The molecule has 3 nitrogen and oxygen atoms in total. The van der Waals surface area contributed by atoms with Crippen molar-refractivity contribution in [3.05, 3.63) is 35.9 Å². The second-order valence-corrected chi connectivity index (χ2v) is 6.43. The molecule has 0 aliphatic carbocycles. The zero-order valence-electron chi connectivity index (χ0n) is 11.5. The average Bonchev–Trinajstić information content (AvgIpc) is 3.10. The Morgan fingerprint density at radius 1 is 1.35 bits per heavy atom. The number of hydrogen-bond donors (Lipinski definition) is 1. The standard InChI is InChI=1S/C15H20N2OS.ClH/c18-15(14-10-19-11-16-14)17-7-6-13(9-17)8-12-4-2-1-3-5-12;/h1-5,13-14,16H,6-11H2;1H. The topological polar surface area (TPSA) is 32.3 Å². The molecule has 5 heteroatoms. The Labute approximate surface area is 130 Å². The van der Waals surface area contributed by atoms with Gasteiger partial charge in [-0.15, -0.1) is 24.2 Å². The number of carbonyl (C=O) groups is 1. The fraction of sp³-hybridized carbons (Fsp3) is 0.533. The average molecular weight is 313 g/mol. The van der Waals surface area contributed by atoms with Crippen molar-refractivity contribution in [2.75, 3.05) is 24.7 Å². The molecular formula is C15H21ClN2OS. The molecule has 2 unspecified atom stereocenters. The van der Waals surface area contributed by atoms with Gasteiger partial charge in [0, 0.05) is 24.7 Å². The molecule has 0 spiro atoms. The minimum Gasteiger partial charge on any atom is -0.341 e. The van der Waals surface area contributed by atoms with Gasteiger partial charge in [-0.05, 0) is 24.3 Å². The van der Waals surface area contributed by atoms with E-state index < -0.39 is 0 Å². The van der Waals surface area contributed by atoms with Gasteiger partial charge in [0.15, 0.2) is 0 Å². The summed E-state index contributed by atoms with van der Waals surface area (Å²) in [5, 5.41) is 3.27. The SMILES string of the molecule is Cl.O=C(C1CSCN1)N1CCC(Cc2ccccc2)C1. The maximum absolute atomic E-state index is 12.3. The molecular weight excluding hydrogens is 292 g/mol. The largest absolute Gasteiger partial charge is 0.341 e. The van der Waals surface area contributed by atoms with Crippen LogP contribution < -0.4 is 5.32 Å². The maximum Gasteiger partial charge on any atom is 0.240 e. The van der Waals surface area contributed by atoms with Gasteiger partial charge in [-0.3, -0.25) is 10.1 Å². The predicted octanol–water partition coefficient (Wildman–Crippen LogP) is 2.16. The number of amides is 1. The van der Waals surface area contributed by atoms with Crippen molar-refractivity contribution in [3.63, 3.8) is 0 Å². The summed E-state index contributed by atoms with van der Waals surface area (Å²) < 4.78 is 0. The van der Waals surface area contributed by atoms with Gasteiger partial charge in [-0.1, -0.05) is 30.3 Å². The molecule has 2 fully saturated rings. The monoisotopic (exact) mass is 312 g/mol. The van der Waals surface area contributed by atoms with Gasteiger partial charge in [-0.25, -0.2) is 0 Å². The minimum absolute atomic E-state index is 0. The van der Waals surface area contributed by atoms with Gasteiger partial charge in [0.25, 0.3) is 0 Å². The molecule has 2 atom stereocenters. The maximum atomic E-state index is 12.3. The van der Waals surface area contributed by atoms with Crippen molar-refractivity contribution < 1.29 is 4.79 Å². The number of benzene rings is 1. The van der Waals surface area contributed by atoms with E-state index in [0.29, 0.717) is 11.8 Å². The van der Waals surface area contributed by atoms with Crippen LogP contribution in [0.5, 0.6) is 0 Å². The second kappa shape index (κ2) is 7.34. The summed E-state index contributed by atoms with van der Waals surface area (Å²) in [4.78, 5) is 14.3. The first-order valence-corrected chi connectivity index (χ1v) is 8.12. The zero-order chi connectivity index (χ0) is 13.1. The lowest BCUT2D eigenvalue weighted by molar-refractivity contribution is -0.131. The zero-order valence-corrected chi connectivity index (χ0v) is 13.1. The molecule has 110 valence electrons. The molecule has 2 aliphatic heterocycles. The number of thioether (sulfide) groups is 1. The highest BCUT2D eigenvalue weighted by molar-refractivity contribution is 7.99. The number of carbonyl (C=O) groups excluding carboxylic acids is 1. The fourth-order valence-corrected chi connectivity index (χ4v) is 3.85. The smallest absolute Gasteiger partial charge is 0.240 e. The highest BCUT2D eigenvalue weighted by Crippen LogP contribution is 2.22. The number of rotatable bonds is 3. The van der Waals surface area contributed by atoms with Crippen LogP contribution in [0, 0.1) is 5.92 Å². The molecule has 20 heavy (non-hydrogen) atoms. The number of likely N-dealkylation sites (tertiary alicyclic amines) is 1. The van der Waals surface area contributed by atoms with E-state index in [0.717, 1.165) is 37.6 Å². The van der Waals surface area contributed by atoms with Crippen molar-refractivity contribution in [3.8, 4) is 0 Å². The molecule has 0 saturated carbocycles. The first-order chi connectivity index (χ1) is 9.33. The molecule has 0 aromatic heterocycles. The Bertz CT molecular complexity index is 437. The number of hydrogen-bond acceptors (Lipinski definition) is 3. The Morgan fingerprint density at radius 3 is 2.85 bits per heavy atom. The molecule has 1 amide bonds. The highest BCUT2D eigenvalue weighted by atomic mass is 35.5. The van der Waals surface area contributed by atoms with Crippen LogP contribution in [0.2, 0.25) is 0 Å². The van der Waals surface area contributed by atoms with E-state index in [1.54, 1.807) is 0 Å². The van der Waals surface area contributed by atoms with Gasteiger partial charge in [0.05, 0.1) is 6.04 Å². The Kier molecular flexibility index (Phi) is 5.75. The molecule has 2 aliphatic rings. The Hall–Kier alpha value is -0.710. The third-order valence-corrected chi connectivity index (χ3v) is 4.92. The predicted molar refractivity (Wildman–Crippen MR) is 86.3 cm³/mol. The number of nitrogens with zero attached hydrogens (tertiary/aromatic N) is 1. The van der Waals surface area contributed by atoms with Gasteiger partial charge >= 0.3 is 0 Å². The Balaban J connectivity index is 0.00000147. The van der Waals surface area contributed by atoms with E-state index >= 15 is 0 Å². The molecule has 2 heterocycles. The molecule has 1 N–H and O–H groups in total. The summed E-state index contributed by atoms with van der Waals surface area (Å²) >= 11 is 1.81. The van der Waals surface area contributed by atoms with E-state index in [9.17, 15) is 4.79 Å². The van der Waals surface area contributed by atoms with Crippen LogP contribution in [0.15, 0.2) is 30.3 Å². The second-order valence-electron chi connectivity index (χ2n) is 5.40. The summed E-state index contributed by atoms with van der Waals surface area (Å²) in [6.45, 7) is 1.86. The number of nitrogens with one attached hydrogen (secondary N) is 1. The molecule has 0 bridgehead atoms. The van der Waals surface area contributed by atoms with Crippen LogP contribution in [0.25, 0.3) is 0 Å². The van der Waals surface area contributed by atoms with Crippen molar-refractivity contribution >= 4 is 30.1 Å². The van der Waals surface area contributed by atoms with Crippen LogP contribution in [0.4, 0.5) is 0 Å². The van der Waals surface area contributed by atoms with Crippen LogP contribution in [-0.2, 0) is 11.2 Å². The quantitative estimate of drug-likeness (QED) is 0.928. The lowest BCUT2D eigenvalue weighted by Gasteiger charge is -2.20. The molecule has 0 radical (unpaired) electrons. The molecule has 3 rings (SSSR count). The van der Waals surface area contributed by atoms with E-state index in [2.05, 4.69) is 40.5 Å². The molecule has 2 saturated heterocycles. The first kappa shape index (κ1) is 15.7. The summed E-state index contributed by atoms with van der Waals surface area (Å²) in [5.74, 6) is 2.78. The van der Waals surface area contributed by atoms with E-state index in [1.807, 2.05) is 11.8 Å². The highest BCUT2D eigenvalue weighted by Gasteiger charge is 2.32. The van der Waals surface area contributed by atoms with E-state index in [-0.39, 0.29) is 18.4 Å².